The fourth-order valence-electron chi connectivity index (χ4n) is 2.42. The Labute approximate surface area is 132 Å². The third kappa shape index (κ3) is 2.78. The van der Waals surface area contributed by atoms with Gasteiger partial charge < -0.3 is 4.74 Å². The van der Waals surface area contributed by atoms with Crippen LogP contribution in [0.25, 0.3) is 10.8 Å². The number of pyridine rings is 2. The summed E-state index contributed by atoms with van der Waals surface area (Å²) in [5, 5.41) is 1.11. The van der Waals surface area contributed by atoms with Gasteiger partial charge in [-0.25, -0.2) is 18.4 Å². The first-order chi connectivity index (χ1) is 10.4. The van der Waals surface area contributed by atoms with Crippen molar-refractivity contribution in [2.24, 2.45) is 0 Å². The van der Waals surface area contributed by atoms with Crippen LogP contribution in [0.2, 0.25) is 5.15 Å². The molecule has 0 amide bonds. The Kier molecular flexibility index (Phi) is 3.78. The van der Waals surface area contributed by atoms with Crippen LogP contribution in [0.4, 0.5) is 0 Å². The number of hydrogen-bond acceptors (Lipinski definition) is 6. The van der Waals surface area contributed by atoms with E-state index in [1.165, 1.54) is 18.6 Å². The summed E-state index contributed by atoms with van der Waals surface area (Å²) in [5.41, 5.74) is 0.397. The molecule has 0 bridgehead atoms. The zero-order valence-electron chi connectivity index (χ0n) is 11.7. The number of sulfone groups is 1. The summed E-state index contributed by atoms with van der Waals surface area (Å²) in [7, 11) is -3.03. The molecule has 22 heavy (non-hydrogen) atoms. The number of hydrogen-bond donors (Lipinski definition) is 0. The summed E-state index contributed by atoms with van der Waals surface area (Å²) in [4.78, 5) is 19.2. The lowest BCUT2D eigenvalue weighted by molar-refractivity contribution is 0.112. The average Bonchev–Trinajstić information content (AvgIpc) is 2.40. The predicted octanol–water partition coefficient (Wildman–Crippen LogP) is 2.05. The van der Waals surface area contributed by atoms with Gasteiger partial charge in [0.1, 0.15) is 11.3 Å². The Morgan fingerprint density at radius 1 is 1.27 bits per heavy atom. The van der Waals surface area contributed by atoms with Gasteiger partial charge in [-0.3, -0.25) is 4.79 Å². The van der Waals surface area contributed by atoms with Crippen molar-refractivity contribution in [3.05, 3.63) is 29.2 Å². The summed E-state index contributed by atoms with van der Waals surface area (Å²) >= 11 is 5.86. The zero-order valence-corrected chi connectivity index (χ0v) is 13.3. The van der Waals surface area contributed by atoms with E-state index in [2.05, 4.69) is 9.97 Å². The van der Waals surface area contributed by atoms with Gasteiger partial charge in [0, 0.05) is 42.4 Å². The molecule has 0 spiro atoms. The minimum atomic E-state index is -3.03. The van der Waals surface area contributed by atoms with Gasteiger partial charge in [-0.15, -0.1) is 0 Å². The van der Waals surface area contributed by atoms with Crippen LogP contribution in [0.1, 0.15) is 23.2 Å². The molecule has 0 aliphatic heterocycles. The largest absolute Gasteiger partial charge is 0.474 e. The Morgan fingerprint density at radius 3 is 2.64 bits per heavy atom. The number of halogens is 1. The molecule has 1 fully saturated rings. The number of carbonyl (C=O) groups excluding carboxylic acids is 1. The molecule has 0 saturated heterocycles. The standard InChI is InChI=1S/C14H13ClN2O4S/c1-22(19,20)10-2-9(3-10)21-14-12-6-16-13(15)4-11(12)8(7-18)5-17-14/h4-7,9-10H,2-3H2,1H3. The molecule has 0 radical (unpaired) electrons. The molecule has 8 heteroatoms. The van der Waals surface area contributed by atoms with E-state index in [4.69, 9.17) is 16.3 Å². The van der Waals surface area contributed by atoms with Crippen molar-refractivity contribution in [3.63, 3.8) is 0 Å². The number of nitrogens with zero attached hydrogens (tertiary/aromatic N) is 2. The highest BCUT2D eigenvalue weighted by Gasteiger charge is 2.38. The van der Waals surface area contributed by atoms with Crippen LogP contribution in [0.5, 0.6) is 5.88 Å². The molecule has 2 heterocycles. The van der Waals surface area contributed by atoms with Gasteiger partial charge in [0.25, 0.3) is 0 Å². The van der Waals surface area contributed by atoms with Crippen molar-refractivity contribution in [1.29, 1.82) is 0 Å². The number of aromatic nitrogens is 2. The molecule has 116 valence electrons. The van der Waals surface area contributed by atoms with E-state index >= 15 is 0 Å². The summed E-state index contributed by atoms with van der Waals surface area (Å²) in [6.45, 7) is 0. The Morgan fingerprint density at radius 2 is 2.00 bits per heavy atom. The predicted molar refractivity (Wildman–Crippen MR) is 82.2 cm³/mol. The Hall–Kier alpha value is -1.73. The molecule has 2 aromatic heterocycles. The summed E-state index contributed by atoms with van der Waals surface area (Å²) in [5.74, 6) is 0.335. The van der Waals surface area contributed by atoms with E-state index in [0.717, 1.165) is 0 Å². The third-order valence-electron chi connectivity index (χ3n) is 3.80. The second kappa shape index (κ2) is 5.48. The smallest absolute Gasteiger partial charge is 0.223 e. The lowest BCUT2D eigenvalue weighted by Gasteiger charge is -2.33. The molecule has 0 N–H and O–H groups in total. The van der Waals surface area contributed by atoms with Crippen LogP contribution in [0.3, 0.4) is 0 Å². The van der Waals surface area contributed by atoms with E-state index in [9.17, 15) is 13.2 Å². The third-order valence-corrected chi connectivity index (χ3v) is 5.60. The van der Waals surface area contributed by atoms with Crippen molar-refractivity contribution in [1.82, 2.24) is 9.97 Å². The quantitative estimate of drug-likeness (QED) is 0.625. The lowest BCUT2D eigenvalue weighted by atomic mass is 9.95. The van der Waals surface area contributed by atoms with Gasteiger partial charge in [-0.05, 0) is 6.07 Å². The number of rotatable bonds is 4. The maximum Gasteiger partial charge on any atom is 0.223 e. The molecule has 6 nitrogen and oxygen atoms in total. The molecule has 0 unspecified atom stereocenters. The van der Waals surface area contributed by atoms with Crippen LogP contribution < -0.4 is 4.74 Å². The maximum atomic E-state index is 11.4. The number of ether oxygens (including phenoxy) is 1. The normalized spacial score (nSPS) is 21.4. The maximum absolute atomic E-state index is 11.4. The molecule has 0 aromatic carbocycles. The molecule has 3 rings (SSSR count). The van der Waals surface area contributed by atoms with E-state index < -0.39 is 9.84 Å². The van der Waals surface area contributed by atoms with Crippen LogP contribution in [-0.2, 0) is 9.84 Å². The summed E-state index contributed by atoms with van der Waals surface area (Å²) < 4.78 is 28.6. The topological polar surface area (TPSA) is 86.2 Å². The van der Waals surface area contributed by atoms with Gasteiger partial charge in [0.05, 0.1) is 10.6 Å². The number of carbonyl (C=O) groups is 1. The van der Waals surface area contributed by atoms with Crippen molar-refractivity contribution in [3.8, 4) is 5.88 Å². The highest BCUT2D eigenvalue weighted by Crippen LogP contribution is 2.33. The van der Waals surface area contributed by atoms with Gasteiger partial charge in [-0.2, -0.15) is 0 Å². The van der Waals surface area contributed by atoms with Crippen LogP contribution in [0, 0.1) is 0 Å². The zero-order chi connectivity index (χ0) is 15.9. The average molecular weight is 341 g/mol. The van der Waals surface area contributed by atoms with Gasteiger partial charge >= 0.3 is 0 Å². The van der Waals surface area contributed by atoms with E-state index in [0.29, 0.717) is 41.3 Å². The van der Waals surface area contributed by atoms with Crippen molar-refractivity contribution in [2.45, 2.75) is 24.2 Å². The second-order valence-electron chi connectivity index (χ2n) is 5.35. The van der Waals surface area contributed by atoms with E-state index in [-0.39, 0.29) is 16.5 Å². The SMILES string of the molecule is CS(=O)(=O)C1CC(Oc2ncc(C=O)c3cc(Cl)ncc23)C1. The summed E-state index contributed by atoms with van der Waals surface area (Å²) in [6.07, 6.45) is 5.52. The van der Waals surface area contributed by atoms with E-state index in [1.54, 1.807) is 6.07 Å². The van der Waals surface area contributed by atoms with Crippen LogP contribution >= 0.6 is 11.6 Å². The van der Waals surface area contributed by atoms with Crippen molar-refractivity contribution < 1.29 is 17.9 Å². The Bertz CT molecular complexity index is 847. The minimum absolute atomic E-state index is 0.201. The molecular weight excluding hydrogens is 328 g/mol. The molecular formula is C14H13ClN2O4S. The first-order valence-corrected chi connectivity index (χ1v) is 8.96. The minimum Gasteiger partial charge on any atom is -0.474 e. The second-order valence-corrected chi connectivity index (χ2v) is 8.06. The van der Waals surface area contributed by atoms with Crippen LogP contribution in [-0.4, -0.2) is 42.3 Å². The van der Waals surface area contributed by atoms with E-state index in [1.807, 2.05) is 0 Å². The van der Waals surface area contributed by atoms with Gasteiger partial charge in [-0.1, -0.05) is 11.6 Å². The molecule has 1 saturated carbocycles. The molecule has 1 aliphatic rings. The first kappa shape index (κ1) is 15.2. The fraction of sp³-hybridized carbons (Fsp3) is 0.357. The summed E-state index contributed by atoms with van der Waals surface area (Å²) in [6, 6.07) is 1.58. The highest BCUT2D eigenvalue weighted by atomic mass is 35.5. The molecule has 1 aliphatic carbocycles. The monoisotopic (exact) mass is 340 g/mol. The molecule has 2 aromatic rings. The number of fused-ring (bicyclic) bond motifs is 1. The van der Waals surface area contributed by atoms with Gasteiger partial charge in [0.15, 0.2) is 16.1 Å². The molecule has 0 atom stereocenters. The fourth-order valence-corrected chi connectivity index (χ4v) is 3.70. The Balaban J connectivity index is 1.88. The van der Waals surface area contributed by atoms with Crippen LogP contribution in [0.15, 0.2) is 18.5 Å². The highest BCUT2D eigenvalue weighted by molar-refractivity contribution is 7.91. The van der Waals surface area contributed by atoms with Crippen molar-refractivity contribution >= 4 is 38.5 Å². The first-order valence-electron chi connectivity index (χ1n) is 6.63. The van der Waals surface area contributed by atoms with Crippen molar-refractivity contribution in [2.75, 3.05) is 6.26 Å². The lowest BCUT2D eigenvalue weighted by Crippen LogP contribution is -2.42. The number of aldehydes is 1. The van der Waals surface area contributed by atoms with Gasteiger partial charge in [0.2, 0.25) is 5.88 Å².